The molecular formula is C16H19N3O3S3. The van der Waals surface area contributed by atoms with Crippen LogP contribution in [0.4, 0.5) is 5.00 Å². The molecule has 0 radical (unpaired) electrons. The second-order valence-electron chi connectivity index (χ2n) is 4.95. The molecular weight excluding hydrogens is 378 g/mol. The lowest BCUT2D eigenvalue weighted by molar-refractivity contribution is 0.0602. The Morgan fingerprint density at radius 2 is 1.84 bits per heavy atom. The van der Waals surface area contributed by atoms with Crippen molar-refractivity contribution in [2.45, 2.75) is 26.7 Å². The van der Waals surface area contributed by atoms with Crippen molar-refractivity contribution in [1.29, 1.82) is 0 Å². The lowest BCUT2D eigenvalue weighted by Gasteiger charge is -2.10. The number of hydrogen-bond acceptors (Lipinski definition) is 6. The number of thiophene rings is 2. The summed E-state index contributed by atoms with van der Waals surface area (Å²) in [5.41, 5.74) is 5.62. The van der Waals surface area contributed by atoms with Gasteiger partial charge in [0.1, 0.15) is 5.00 Å². The molecule has 3 N–H and O–H groups in total. The molecule has 134 valence electrons. The number of amides is 1. The second kappa shape index (κ2) is 8.93. The molecule has 9 heteroatoms. The summed E-state index contributed by atoms with van der Waals surface area (Å²) >= 11 is 8.04. The fourth-order valence-corrected chi connectivity index (χ4v) is 4.02. The van der Waals surface area contributed by atoms with Crippen LogP contribution >= 0.6 is 34.9 Å². The van der Waals surface area contributed by atoms with Gasteiger partial charge in [0.05, 0.1) is 17.6 Å². The van der Waals surface area contributed by atoms with Gasteiger partial charge in [0, 0.05) is 9.75 Å². The molecule has 0 saturated carbocycles. The van der Waals surface area contributed by atoms with E-state index in [1.54, 1.807) is 12.1 Å². The zero-order valence-corrected chi connectivity index (χ0v) is 16.5. The minimum Gasteiger partial charge on any atom is -0.465 e. The lowest BCUT2D eigenvalue weighted by Crippen LogP contribution is -2.43. The van der Waals surface area contributed by atoms with E-state index in [0.29, 0.717) is 15.4 Å². The summed E-state index contributed by atoms with van der Waals surface area (Å²) in [6.45, 7) is 4.04. The number of carbonyl (C=O) groups excluding carboxylic acids is 2. The van der Waals surface area contributed by atoms with E-state index >= 15 is 0 Å². The number of thiocarbonyl (C=S) groups is 1. The van der Waals surface area contributed by atoms with Crippen molar-refractivity contribution < 1.29 is 14.3 Å². The standard InChI is InChI=1S/C16H19N3O3S3/c1-4-9-6-7-12(24-9)13(20)18-19-16(23)17-14-11(15(21)22-3)8-10(5-2)25-14/h6-8H,4-5H2,1-3H3,(H,18,20)(H2,17,19,23). The molecule has 0 bridgehead atoms. The molecule has 6 nitrogen and oxygen atoms in total. The van der Waals surface area contributed by atoms with Crippen molar-refractivity contribution in [3.63, 3.8) is 0 Å². The van der Waals surface area contributed by atoms with E-state index in [1.807, 2.05) is 19.9 Å². The van der Waals surface area contributed by atoms with Gasteiger partial charge in [0.25, 0.3) is 5.91 Å². The van der Waals surface area contributed by atoms with Gasteiger partial charge in [0.15, 0.2) is 5.11 Å². The van der Waals surface area contributed by atoms with Gasteiger partial charge in [-0.3, -0.25) is 15.6 Å². The molecule has 0 saturated heterocycles. The maximum Gasteiger partial charge on any atom is 0.340 e. The van der Waals surface area contributed by atoms with Crippen molar-refractivity contribution in [3.8, 4) is 0 Å². The molecule has 0 aromatic carbocycles. The highest BCUT2D eigenvalue weighted by molar-refractivity contribution is 7.80. The van der Waals surface area contributed by atoms with Gasteiger partial charge in [0.2, 0.25) is 0 Å². The summed E-state index contributed by atoms with van der Waals surface area (Å²) < 4.78 is 4.78. The van der Waals surface area contributed by atoms with Crippen LogP contribution in [0.25, 0.3) is 0 Å². The zero-order valence-electron chi connectivity index (χ0n) is 14.1. The van der Waals surface area contributed by atoms with E-state index in [2.05, 4.69) is 16.2 Å². The van der Waals surface area contributed by atoms with Crippen LogP contribution in [0.5, 0.6) is 0 Å². The van der Waals surface area contributed by atoms with E-state index in [1.165, 1.54) is 29.8 Å². The van der Waals surface area contributed by atoms with Gasteiger partial charge in [-0.1, -0.05) is 13.8 Å². The number of nitrogens with one attached hydrogen (secondary N) is 3. The second-order valence-corrected chi connectivity index (χ2v) is 7.67. The Balaban J connectivity index is 1.97. The predicted octanol–water partition coefficient (Wildman–Crippen LogP) is 3.35. The first kappa shape index (κ1) is 19.4. The molecule has 0 aliphatic rings. The molecule has 0 aliphatic heterocycles. The number of carbonyl (C=O) groups is 2. The summed E-state index contributed by atoms with van der Waals surface area (Å²) in [5, 5.41) is 3.70. The molecule has 2 aromatic rings. The SMILES string of the molecule is CCc1ccc(C(=O)NNC(=S)Nc2sc(CC)cc2C(=O)OC)s1. The third-order valence-electron chi connectivity index (χ3n) is 3.29. The zero-order chi connectivity index (χ0) is 18.4. The predicted molar refractivity (Wildman–Crippen MR) is 106 cm³/mol. The van der Waals surface area contributed by atoms with Crippen molar-refractivity contribution in [2.75, 3.05) is 12.4 Å². The van der Waals surface area contributed by atoms with Crippen LogP contribution in [0.3, 0.4) is 0 Å². The van der Waals surface area contributed by atoms with E-state index in [4.69, 9.17) is 17.0 Å². The minimum absolute atomic E-state index is 0.190. The van der Waals surface area contributed by atoms with Gasteiger partial charge >= 0.3 is 5.97 Å². The lowest BCUT2D eigenvalue weighted by atomic mass is 10.2. The monoisotopic (exact) mass is 397 g/mol. The summed E-state index contributed by atoms with van der Waals surface area (Å²) in [7, 11) is 1.33. The van der Waals surface area contributed by atoms with E-state index in [-0.39, 0.29) is 11.0 Å². The van der Waals surface area contributed by atoms with Crippen molar-refractivity contribution >= 4 is 56.9 Å². The van der Waals surface area contributed by atoms with Crippen LogP contribution < -0.4 is 16.2 Å². The molecule has 2 heterocycles. The number of ether oxygens (including phenoxy) is 1. The van der Waals surface area contributed by atoms with Gasteiger partial charge in [-0.05, 0) is 43.3 Å². The number of esters is 1. The largest absolute Gasteiger partial charge is 0.465 e. The Bertz CT molecular complexity index is 783. The molecule has 25 heavy (non-hydrogen) atoms. The molecule has 0 unspecified atom stereocenters. The van der Waals surface area contributed by atoms with Crippen molar-refractivity contribution in [3.05, 3.63) is 38.4 Å². The Kier molecular flexibility index (Phi) is 6.91. The van der Waals surface area contributed by atoms with Crippen LogP contribution in [0, 0.1) is 0 Å². The Hall–Kier alpha value is -1.97. The number of anilines is 1. The van der Waals surface area contributed by atoms with Crippen LogP contribution in [0.1, 0.15) is 43.6 Å². The van der Waals surface area contributed by atoms with Gasteiger partial charge in [-0.2, -0.15) is 0 Å². The highest BCUT2D eigenvalue weighted by atomic mass is 32.1. The highest BCUT2D eigenvalue weighted by Crippen LogP contribution is 2.29. The number of hydrazine groups is 1. The average Bonchev–Trinajstić information content (AvgIpc) is 3.25. The van der Waals surface area contributed by atoms with Crippen molar-refractivity contribution in [1.82, 2.24) is 10.9 Å². The molecule has 2 aromatic heterocycles. The maximum absolute atomic E-state index is 12.1. The summed E-state index contributed by atoms with van der Waals surface area (Å²) in [6.07, 6.45) is 1.69. The topological polar surface area (TPSA) is 79.5 Å². The van der Waals surface area contributed by atoms with Crippen molar-refractivity contribution in [2.24, 2.45) is 0 Å². The fourth-order valence-electron chi connectivity index (χ4n) is 1.97. The average molecular weight is 398 g/mol. The maximum atomic E-state index is 12.1. The molecule has 0 aliphatic carbocycles. The van der Waals surface area contributed by atoms with Gasteiger partial charge in [-0.15, -0.1) is 22.7 Å². The first-order valence-corrected chi connectivity index (χ1v) is 9.69. The number of hydrogen-bond donors (Lipinski definition) is 3. The number of aryl methyl sites for hydroxylation is 2. The normalized spacial score (nSPS) is 10.2. The third-order valence-corrected chi connectivity index (χ3v) is 5.91. The summed E-state index contributed by atoms with van der Waals surface area (Å²) in [4.78, 5) is 26.7. The fraction of sp³-hybridized carbons (Fsp3) is 0.312. The molecule has 0 fully saturated rings. The first-order valence-electron chi connectivity index (χ1n) is 7.65. The Labute approximate surface area is 159 Å². The Morgan fingerprint density at radius 3 is 2.44 bits per heavy atom. The number of methoxy groups -OCH3 is 1. The van der Waals surface area contributed by atoms with Crippen LogP contribution in [-0.2, 0) is 17.6 Å². The Morgan fingerprint density at radius 1 is 1.12 bits per heavy atom. The summed E-state index contributed by atoms with van der Waals surface area (Å²) in [5.74, 6) is -0.696. The quantitative estimate of drug-likeness (QED) is 0.408. The molecule has 0 atom stereocenters. The minimum atomic E-state index is -0.434. The molecule has 0 spiro atoms. The highest BCUT2D eigenvalue weighted by Gasteiger charge is 2.17. The van der Waals surface area contributed by atoms with Crippen LogP contribution in [0.2, 0.25) is 0 Å². The first-order chi connectivity index (χ1) is 12.0. The van der Waals surface area contributed by atoms with Crippen LogP contribution in [0.15, 0.2) is 18.2 Å². The van der Waals surface area contributed by atoms with Gasteiger partial charge in [-0.25, -0.2) is 4.79 Å². The van der Waals surface area contributed by atoms with E-state index < -0.39 is 5.97 Å². The van der Waals surface area contributed by atoms with E-state index in [9.17, 15) is 9.59 Å². The smallest absolute Gasteiger partial charge is 0.340 e. The molecule has 2 rings (SSSR count). The summed E-state index contributed by atoms with van der Waals surface area (Å²) in [6, 6.07) is 5.48. The van der Waals surface area contributed by atoms with Gasteiger partial charge < -0.3 is 10.1 Å². The van der Waals surface area contributed by atoms with Crippen LogP contribution in [-0.4, -0.2) is 24.1 Å². The van der Waals surface area contributed by atoms with E-state index in [0.717, 1.165) is 22.6 Å². The molecule has 1 amide bonds. The number of rotatable bonds is 5. The third kappa shape index (κ3) is 5.00.